The number of rotatable bonds is 4. The number of nitrogens with zero attached hydrogens (tertiary/aromatic N) is 1. The van der Waals surface area contributed by atoms with E-state index < -0.39 is 0 Å². The van der Waals surface area contributed by atoms with E-state index in [4.69, 9.17) is 11.6 Å². The second-order valence-electron chi connectivity index (χ2n) is 6.68. The summed E-state index contributed by atoms with van der Waals surface area (Å²) in [5.74, 6) is 0.248. The Labute approximate surface area is 152 Å². The van der Waals surface area contributed by atoms with Gasteiger partial charge in [-0.1, -0.05) is 41.9 Å². The fourth-order valence-corrected chi connectivity index (χ4v) is 3.82. The van der Waals surface area contributed by atoms with Crippen molar-refractivity contribution in [3.63, 3.8) is 0 Å². The van der Waals surface area contributed by atoms with Crippen molar-refractivity contribution in [2.45, 2.75) is 32.2 Å². The van der Waals surface area contributed by atoms with E-state index in [9.17, 15) is 4.79 Å². The predicted molar refractivity (Wildman–Crippen MR) is 102 cm³/mol. The molecule has 4 heteroatoms. The van der Waals surface area contributed by atoms with Crippen molar-refractivity contribution in [2.75, 3.05) is 6.54 Å². The van der Waals surface area contributed by atoms with Crippen LogP contribution in [0.3, 0.4) is 0 Å². The molecule has 1 aliphatic heterocycles. The van der Waals surface area contributed by atoms with Gasteiger partial charge in [0.1, 0.15) is 0 Å². The molecule has 0 aliphatic carbocycles. The van der Waals surface area contributed by atoms with E-state index in [1.807, 2.05) is 41.3 Å². The first-order chi connectivity index (χ1) is 12.2. The Morgan fingerprint density at radius 2 is 2.00 bits per heavy atom. The summed E-state index contributed by atoms with van der Waals surface area (Å²) in [6, 6.07) is 16.3. The Kier molecular flexibility index (Phi) is 4.50. The number of aromatic amines is 1. The second kappa shape index (κ2) is 6.93. The van der Waals surface area contributed by atoms with Crippen molar-refractivity contribution in [1.29, 1.82) is 0 Å². The fraction of sp³-hybridized carbons (Fsp3) is 0.286. The Hall–Kier alpha value is -2.26. The molecule has 0 unspecified atom stereocenters. The minimum Gasteiger partial charge on any atom is -0.358 e. The van der Waals surface area contributed by atoms with Crippen LogP contribution in [0.25, 0.3) is 10.9 Å². The highest BCUT2D eigenvalue weighted by molar-refractivity contribution is 6.31. The van der Waals surface area contributed by atoms with Crippen molar-refractivity contribution in [3.05, 3.63) is 70.4 Å². The van der Waals surface area contributed by atoms with Crippen LogP contribution >= 0.6 is 11.6 Å². The van der Waals surface area contributed by atoms with Crippen LogP contribution in [-0.4, -0.2) is 22.3 Å². The molecule has 0 atom stereocenters. The molecule has 25 heavy (non-hydrogen) atoms. The Morgan fingerprint density at radius 1 is 1.16 bits per heavy atom. The Bertz CT molecular complexity index is 901. The van der Waals surface area contributed by atoms with Crippen LogP contribution in [0.15, 0.2) is 48.5 Å². The smallest absolute Gasteiger partial charge is 0.222 e. The van der Waals surface area contributed by atoms with Gasteiger partial charge in [0.15, 0.2) is 0 Å². The maximum atomic E-state index is 12.6. The van der Waals surface area contributed by atoms with Crippen molar-refractivity contribution >= 4 is 28.4 Å². The zero-order valence-corrected chi connectivity index (χ0v) is 14.9. The monoisotopic (exact) mass is 352 g/mol. The van der Waals surface area contributed by atoms with Crippen molar-refractivity contribution in [2.24, 2.45) is 0 Å². The number of aryl methyl sites for hydroxylation is 1. The van der Waals surface area contributed by atoms with Crippen LogP contribution in [0.2, 0.25) is 5.02 Å². The molecule has 1 N–H and O–H groups in total. The number of carbonyl (C=O) groups excluding carboxylic acids is 1. The van der Waals surface area contributed by atoms with E-state index in [0.717, 1.165) is 41.7 Å². The number of fused-ring (bicyclic) bond motifs is 3. The summed E-state index contributed by atoms with van der Waals surface area (Å²) < 4.78 is 0. The van der Waals surface area contributed by atoms with Gasteiger partial charge < -0.3 is 9.88 Å². The highest BCUT2D eigenvalue weighted by atomic mass is 35.5. The number of carbonyl (C=O) groups is 1. The summed E-state index contributed by atoms with van der Waals surface area (Å²) in [5, 5.41) is 1.88. The molecule has 3 aromatic rings. The zero-order chi connectivity index (χ0) is 17.2. The largest absolute Gasteiger partial charge is 0.358 e. The average molecular weight is 353 g/mol. The van der Waals surface area contributed by atoms with Crippen molar-refractivity contribution in [1.82, 2.24) is 9.88 Å². The summed E-state index contributed by atoms with van der Waals surface area (Å²) in [6.07, 6.45) is 3.33. The normalized spacial score (nSPS) is 13.9. The number of amides is 1. The van der Waals surface area contributed by atoms with Crippen LogP contribution < -0.4 is 0 Å². The highest BCUT2D eigenvalue weighted by Crippen LogP contribution is 2.30. The lowest BCUT2D eigenvalue weighted by molar-refractivity contribution is -0.132. The number of nitrogens with one attached hydrogen (secondary N) is 1. The third kappa shape index (κ3) is 3.42. The Balaban J connectivity index is 1.42. The minimum absolute atomic E-state index is 0.248. The van der Waals surface area contributed by atoms with Crippen LogP contribution in [0, 0.1) is 0 Å². The first kappa shape index (κ1) is 16.2. The number of hydrogen-bond acceptors (Lipinski definition) is 1. The number of benzene rings is 2. The molecular formula is C21H21ClN2O. The second-order valence-corrected chi connectivity index (χ2v) is 7.11. The van der Waals surface area contributed by atoms with E-state index in [0.29, 0.717) is 13.0 Å². The molecule has 2 heterocycles. The molecule has 0 bridgehead atoms. The van der Waals surface area contributed by atoms with Gasteiger partial charge in [-0.25, -0.2) is 0 Å². The van der Waals surface area contributed by atoms with Gasteiger partial charge >= 0.3 is 0 Å². The molecule has 128 valence electrons. The number of halogens is 1. The van der Waals surface area contributed by atoms with Crippen molar-refractivity contribution in [3.8, 4) is 0 Å². The summed E-state index contributed by atoms with van der Waals surface area (Å²) in [5.41, 5.74) is 4.86. The van der Waals surface area contributed by atoms with Crippen LogP contribution in [0.5, 0.6) is 0 Å². The first-order valence-corrected chi connectivity index (χ1v) is 9.19. The summed E-state index contributed by atoms with van der Waals surface area (Å²) in [6.45, 7) is 1.47. The number of aromatic nitrogens is 1. The van der Waals surface area contributed by atoms with Gasteiger partial charge in [-0.3, -0.25) is 4.79 Å². The van der Waals surface area contributed by atoms with Gasteiger partial charge in [-0.15, -0.1) is 0 Å². The lowest BCUT2D eigenvalue weighted by Gasteiger charge is -2.27. The molecule has 4 rings (SSSR count). The summed E-state index contributed by atoms with van der Waals surface area (Å²) in [7, 11) is 0. The molecule has 2 aromatic carbocycles. The molecule has 0 saturated heterocycles. The molecule has 3 nitrogen and oxygen atoms in total. The third-order valence-corrected chi connectivity index (χ3v) is 5.22. The van der Waals surface area contributed by atoms with Gasteiger partial charge in [0.05, 0.1) is 0 Å². The molecule has 0 spiro atoms. The number of H-pyrrole nitrogens is 1. The van der Waals surface area contributed by atoms with E-state index in [2.05, 4.69) is 17.1 Å². The van der Waals surface area contributed by atoms with Gasteiger partial charge in [0.2, 0.25) is 5.91 Å². The van der Waals surface area contributed by atoms with Gasteiger partial charge in [0, 0.05) is 53.1 Å². The molecule has 0 saturated carbocycles. The summed E-state index contributed by atoms with van der Waals surface area (Å²) in [4.78, 5) is 18.1. The predicted octanol–water partition coefficient (Wildman–Crippen LogP) is 4.73. The van der Waals surface area contributed by atoms with E-state index >= 15 is 0 Å². The first-order valence-electron chi connectivity index (χ1n) is 8.81. The van der Waals surface area contributed by atoms with Gasteiger partial charge in [-0.05, 0) is 36.6 Å². The van der Waals surface area contributed by atoms with Crippen LogP contribution in [0.4, 0.5) is 0 Å². The van der Waals surface area contributed by atoms with E-state index in [-0.39, 0.29) is 5.91 Å². The van der Waals surface area contributed by atoms with Crippen LogP contribution in [0.1, 0.15) is 29.7 Å². The molecule has 1 aromatic heterocycles. The maximum absolute atomic E-state index is 12.6. The maximum Gasteiger partial charge on any atom is 0.222 e. The van der Waals surface area contributed by atoms with Crippen LogP contribution in [-0.2, 0) is 24.2 Å². The zero-order valence-electron chi connectivity index (χ0n) is 14.1. The SMILES string of the molecule is O=C(CCCc1ccccc1)N1CCc2[nH]c3ccc(Cl)cc3c2C1. The standard InChI is InChI=1S/C21H21ClN2O/c22-16-9-10-19-17(13-16)18-14-24(12-11-20(18)23-19)21(25)8-4-7-15-5-2-1-3-6-15/h1-3,5-6,9-10,13,23H,4,7-8,11-12,14H2. The quantitative estimate of drug-likeness (QED) is 0.724. The third-order valence-electron chi connectivity index (χ3n) is 4.99. The fourth-order valence-electron chi connectivity index (χ4n) is 3.65. The summed E-state index contributed by atoms with van der Waals surface area (Å²) >= 11 is 6.15. The van der Waals surface area contributed by atoms with Crippen molar-refractivity contribution < 1.29 is 4.79 Å². The molecule has 1 amide bonds. The molecule has 0 radical (unpaired) electrons. The lowest BCUT2D eigenvalue weighted by atomic mass is 10.0. The van der Waals surface area contributed by atoms with Gasteiger partial charge in [-0.2, -0.15) is 0 Å². The lowest BCUT2D eigenvalue weighted by Crippen LogP contribution is -2.35. The molecule has 0 fully saturated rings. The highest BCUT2D eigenvalue weighted by Gasteiger charge is 2.23. The number of hydrogen-bond donors (Lipinski definition) is 1. The van der Waals surface area contributed by atoms with Gasteiger partial charge in [0.25, 0.3) is 0 Å². The average Bonchev–Trinajstić information content (AvgIpc) is 2.99. The van der Waals surface area contributed by atoms with E-state index in [1.165, 1.54) is 16.8 Å². The molecule has 1 aliphatic rings. The topological polar surface area (TPSA) is 36.1 Å². The van der Waals surface area contributed by atoms with E-state index in [1.54, 1.807) is 0 Å². The minimum atomic E-state index is 0.248. The molecular weight excluding hydrogens is 332 g/mol. The Morgan fingerprint density at radius 3 is 2.84 bits per heavy atom.